The minimum absolute atomic E-state index is 0.0947. The number of halogens is 3. The Morgan fingerprint density at radius 3 is 2.35 bits per heavy atom. The van der Waals surface area contributed by atoms with E-state index < -0.39 is 24.3 Å². The van der Waals surface area contributed by atoms with Crippen LogP contribution in [0.4, 0.5) is 13.2 Å². The van der Waals surface area contributed by atoms with Crippen LogP contribution in [-0.2, 0) is 11.0 Å². The monoisotopic (exact) mass is 342 g/mol. The van der Waals surface area contributed by atoms with E-state index in [-0.39, 0.29) is 11.3 Å². The van der Waals surface area contributed by atoms with Crippen LogP contribution in [0.25, 0.3) is 11.1 Å². The van der Waals surface area contributed by atoms with Crippen LogP contribution in [0.1, 0.15) is 5.56 Å². The molecule has 0 aliphatic heterocycles. The van der Waals surface area contributed by atoms with Gasteiger partial charge in [-0.15, -0.1) is 11.8 Å². The molecule has 2 aromatic carbocycles. The van der Waals surface area contributed by atoms with Gasteiger partial charge in [0.1, 0.15) is 5.75 Å². The Balaban J connectivity index is 2.47. The molecule has 0 unspecified atom stereocenters. The van der Waals surface area contributed by atoms with Crippen LogP contribution in [0.15, 0.2) is 47.4 Å². The van der Waals surface area contributed by atoms with E-state index in [0.717, 1.165) is 23.1 Å². The molecule has 0 heterocycles. The maximum atomic E-state index is 12.9. The standard InChI is InChI=1S/C16H13F3O3S/c1-23-12-5-2-10(3-6-12)13-8-11(16(17,18)19)4-7-14(13)22-9-15(20)21/h2-8H,9H2,1H3,(H,20,21). The van der Waals surface area contributed by atoms with Gasteiger partial charge in [0.05, 0.1) is 5.56 Å². The average molecular weight is 342 g/mol. The molecule has 0 amide bonds. The number of carbonyl (C=O) groups is 1. The Morgan fingerprint density at radius 2 is 1.83 bits per heavy atom. The third-order valence-corrected chi connectivity index (χ3v) is 3.80. The lowest BCUT2D eigenvalue weighted by atomic mass is 10.0. The Hall–Kier alpha value is -2.15. The van der Waals surface area contributed by atoms with Gasteiger partial charge < -0.3 is 9.84 Å². The summed E-state index contributed by atoms with van der Waals surface area (Å²) in [5, 5.41) is 8.68. The fourth-order valence-electron chi connectivity index (χ4n) is 1.97. The van der Waals surface area contributed by atoms with E-state index in [2.05, 4.69) is 0 Å². The quantitative estimate of drug-likeness (QED) is 0.809. The van der Waals surface area contributed by atoms with Gasteiger partial charge in [-0.2, -0.15) is 13.2 Å². The molecule has 23 heavy (non-hydrogen) atoms. The van der Waals surface area contributed by atoms with Gasteiger partial charge in [-0.25, -0.2) is 4.79 Å². The minimum Gasteiger partial charge on any atom is -0.481 e. The number of benzene rings is 2. The zero-order valence-corrected chi connectivity index (χ0v) is 12.9. The molecule has 0 bridgehead atoms. The smallest absolute Gasteiger partial charge is 0.416 e. The van der Waals surface area contributed by atoms with Crippen LogP contribution in [0.3, 0.4) is 0 Å². The van der Waals surface area contributed by atoms with Gasteiger partial charge in [-0.1, -0.05) is 12.1 Å². The number of carboxylic acid groups (broad SMARTS) is 1. The highest BCUT2D eigenvalue weighted by Crippen LogP contribution is 2.37. The molecule has 0 spiro atoms. The molecule has 0 fully saturated rings. The second kappa shape index (κ2) is 6.95. The summed E-state index contributed by atoms with van der Waals surface area (Å²) in [6.45, 7) is -0.624. The predicted molar refractivity (Wildman–Crippen MR) is 81.8 cm³/mol. The van der Waals surface area contributed by atoms with Crippen LogP contribution >= 0.6 is 11.8 Å². The molecule has 3 nitrogen and oxygen atoms in total. The molecule has 0 aliphatic rings. The first-order chi connectivity index (χ1) is 10.8. The molecular weight excluding hydrogens is 329 g/mol. The number of aliphatic carboxylic acids is 1. The van der Waals surface area contributed by atoms with E-state index in [1.807, 2.05) is 6.26 Å². The van der Waals surface area contributed by atoms with Crippen molar-refractivity contribution < 1.29 is 27.8 Å². The largest absolute Gasteiger partial charge is 0.481 e. The van der Waals surface area contributed by atoms with Crippen molar-refractivity contribution in [1.29, 1.82) is 0 Å². The van der Waals surface area contributed by atoms with Crippen molar-refractivity contribution in [3.05, 3.63) is 48.0 Å². The van der Waals surface area contributed by atoms with Gasteiger partial charge in [0, 0.05) is 10.5 Å². The van der Waals surface area contributed by atoms with E-state index in [4.69, 9.17) is 9.84 Å². The van der Waals surface area contributed by atoms with Gasteiger partial charge in [0.25, 0.3) is 0 Å². The highest BCUT2D eigenvalue weighted by Gasteiger charge is 2.31. The first-order valence-corrected chi connectivity index (χ1v) is 7.74. The van der Waals surface area contributed by atoms with E-state index in [1.54, 1.807) is 24.3 Å². The summed E-state index contributed by atoms with van der Waals surface area (Å²) < 4.78 is 43.8. The van der Waals surface area contributed by atoms with Gasteiger partial charge in [0.15, 0.2) is 6.61 Å². The first-order valence-electron chi connectivity index (χ1n) is 6.51. The van der Waals surface area contributed by atoms with E-state index >= 15 is 0 Å². The van der Waals surface area contributed by atoms with Crippen molar-refractivity contribution >= 4 is 17.7 Å². The van der Waals surface area contributed by atoms with Gasteiger partial charge in [-0.3, -0.25) is 0 Å². The predicted octanol–water partition coefficient (Wildman–Crippen LogP) is 4.56. The third-order valence-electron chi connectivity index (χ3n) is 3.06. The molecule has 7 heteroatoms. The van der Waals surface area contributed by atoms with E-state index in [1.165, 1.54) is 11.8 Å². The Kier molecular flexibility index (Phi) is 5.20. The van der Waals surface area contributed by atoms with Gasteiger partial charge >= 0.3 is 12.1 Å². The van der Waals surface area contributed by atoms with Gasteiger partial charge in [0.2, 0.25) is 0 Å². The normalized spacial score (nSPS) is 11.3. The molecule has 2 aromatic rings. The maximum absolute atomic E-state index is 12.9. The highest BCUT2D eigenvalue weighted by atomic mass is 32.2. The fourth-order valence-corrected chi connectivity index (χ4v) is 2.38. The summed E-state index contributed by atoms with van der Waals surface area (Å²) in [5.41, 5.74) is -0.0906. The molecule has 0 aliphatic carbocycles. The van der Waals surface area contributed by atoms with Crippen molar-refractivity contribution in [3.63, 3.8) is 0 Å². The second-order valence-corrected chi connectivity index (χ2v) is 5.50. The topological polar surface area (TPSA) is 46.5 Å². The van der Waals surface area contributed by atoms with E-state index in [9.17, 15) is 18.0 Å². The lowest BCUT2D eigenvalue weighted by Crippen LogP contribution is -2.11. The number of carboxylic acids is 1. The zero-order valence-electron chi connectivity index (χ0n) is 12.1. The molecule has 0 aromatic heterocycles. The number of alkyl halides is 3. The number of rotatable bonds is 5. The summed E-state index contributed by atoms with van der Waals surface area (Å²) in [6.07, 6.45) is -2.60. The Morgan fingerprint density at radius 1 is 1.17 bits per heavy atom. The molecular formula is C16H13F3O3S. The second-order valence-electron chi connectivity index (χ2n) is 4.62. The summed E-state index contributed by atoms with van der Waals surface area (Å²) in [4.78, 5) is 11.6. The van der Waals surface area contributed by atoms with Gasteiger partial charge in [-0.05, 0) is 42.2 Å². The van der Waals surface area contributed by atoms with Crippen LogP contribution in [-0.4, -0.2) is 23.9 Å². The third kappa shape index (κ3) is 4.41. The lowest BCUT2D eigenvalue weighted by molar-refractivity contribution is -0.140. The van der Waals surface area contributed by atoms with Crippen LogP contribution in [0.5, 0.6) is 5.75 Å². The number of ether oxygens (including phenoxy) is 1. The minimum atomic E-state index is -4.49. The number of hydrogen-bond donors (Lipinski definition) is 1. The number of hydrogen-bond acceptors (Lipinski definition) is 3. The van der Waals surface area contributed by atoms with Crippen molar-refractivity contribution in [2.45, 2.75) is 11.1 Å². The molecule has 0 saturated heterocycles. The molecule has 122 valence electrons. The molecule has 0 radical (unpaired) electrons. The molecule has 0 saturated carbocycles. The Bertz CT molecular complexity index is 697. The average Bonchev–Trinajstić information content (AvgIpc) is 2.52. The van der Waals surface area contributed by atoms with E-state index in [0.29, 0.717) is 5.56 Å². The first kappa shape index (κ1) is 17.2. The van der Waals surface area contributed by atoms with Crippen LogP contribution < -0.4 is 4.74 Å². The van der Waals surface area contributed by atoms with Crippen molar-refractivity contribution in [2.75, 3.05) is 12.9 Å². The highest BCUT2D eigenvalue weighted by molar-refractivity contribution is 7.98. The van der Waals surface area contributed by atoms with Crippen LogP contribution in [0.2, 0.25) is 0 Å². The van der Waals surface area contributed by atoms with Crippen LogP contribution in [0, 0.1) is 0 Å². The molecule has 0 atom stereocenters. The van der Waals surface area contributed by atoms with Crippen molar-refractivity contribution in [1.82, 2.24) is 0 Å². The maximum Gasteiger partial charge on any atom is 0.416 e. The summed E-state index contributed by atoms with van der Waals surface area (Å²) in [7, 11) is 0. The molecule has 1 N–H and O–H groups in total. The summed E-state index contributed by atoms with van der Waals surface area (Å²) >= 11 is 1.51. The fraction of sp³-hybridized carbons (Fsp3) is 0.188. The molecule has 2 rings (SSSR count). The number of thioether (sulfide) groups is 1. The summed E-state index contributed by atoms with van der Waals surface area (Å²) in [6, 6.07) is 9.89. The lowest BCUT2D eigenvalue weighted by Gasteiger charge is -2.14. The SMILES string of the molecule is CSc1ccc(-c2cc(C(F)(F)F)ccc2OCC(=O)O)cc1. The van der Waals surface area contributed by atoms with Crippen molar-refractivity contribution in [2.24, 2.45) is 0 Å². The zero-order chi connectivity index (χ0) is 17.0. The summed E-state index contributed by atoms with van der Waals surface area (Å²) in [5.74, 6) is -1.11. The Labute approximate surface area is 135 Å². The van der Waals surface area contributed by atoms with Crippen molar-refractivity contribution in [3.8, 4) is 16.9 Å².